The van der Waals surface area contributed by atoms with Gasteiger partial charge < -0.3 is 9.80 Å². The second-order valence-electron chi connectivity index (χ2n) is 8.50. The van der Waals surface area contributed by atoms with E-state index in [4.69, 9.17) is 11.6 Å². The highest BCUT2D eigenvalue weighted by atomic mass is 35.5. The van der Waals surface area contributed by atoms with Crippen LogP contribution in [0.15, 0.2) is 65.7 Å². The summed E-state index contributed by atoms with van der Waals surface area (Å²) in [6.07, 6.45) is 4.24. The van der Waals surface area contributed by atoms with Crippen molar-refractivity contribution < 1.29 is 9.59 Å². The van der Waals surface area contributed by atoms with Crippen LogP contribution in [-0.2, 0) is 11.2 Å². The number of halogens is 1. The summed E-state index contributed by atoms with van der Waals surface area (Å²) in [4.78, 5) is 41.6. The zero-order valence-electron chi connectivity index (χ0n) is 19.5. The highest BCUT2D eigenvalue weighted by molar-refractivity contribution is 7.18. The average molecular weight is 523 g/mol. The van der Waals surface area contributed by atoms with E-state index in [0.717, 1.165) is 11.4 Å². The number of carbonyl (C=O) groups is 2. The first kappa shape index (κ1) is 24.0. The molecule has 4 aromatic rings. The number of hydrogen-bond acceptors (Lipinski definition) is 7. The molecule has 5 rings (SSSR count). The van der Waals surface area contributed by atoms with Gasteiger partial charge in [0.05, 0.1) is 44.7 Å². The lowest BCUT2D eigenvalue weighted by Gasteiger charge is -2.34. The Balaban J connectivity index is 1.44. The molecule has 0 N–H and O–H groups in total. The van der Waals surface area contributed by atoms with Crippen molar-refractivity contribution in [1.29, 1.82) is 0 Å². The Kier molecular flexibility index (Phi) is 6.71. The maximum Gasteiger partial charge on any atom is 0.255 e. The van der Waals surface area contributed by atoms with Crippen LogP contribution >= 0.6 is 22.9 Å². The number of rotatable bonds is 7. The van der Waals surface area contributed by atoms with E-state index in [9.17, 15) is 14.4 Å². The molecule has 1 aromatic carbocycles. The van der Waals surface area contributed by atoms with Crippen molar-refractivity contribution in [2.24, 2.45) is 0 Å². The highest BCUT2D eigenvalue weighted by Gasteiger charge is 2.24. The molecule has 11 heteroatoms. The lowest BCUT2D eigenvalue weighted by molar-refractivity contribution is -0.129. The van der Waals surface area contributed by atoms with Crippen molar-refractivity contribution >= 4 is 40.3 Å². The quantitative estimate of drug-likeness (QED) is 0.346. The predicted molar refractivity (Wildman–Crippen MR) is 139 cm³/mol. The van der Waals surface area contributed by atoms with Gasteiger partial charge in [-0.25, -0.2) is 4.68 Å². The number of hydrogen-bond donors (Lipinski definition) is 0. The van der Waals surface area contributed by atoms with Gasteiger partial charge in [-0.05, 0) is 36.4 Å². The monoisotopic (exact) mass is 522 g/mol. The summed E-state index contributed by atoms with van der Waals surface area (Å²) in [6.45, 7) is 1.45. The van der Waals surface area contributed by atoms with Crippen molar-refractivity contribution in [3.05, 3.63) is 86.2 Å². The van der Waals surface area contributed by atoms with E-state index in [-0.39, 0.29) is 23.8 Å². The second kappa shape index (κ2) is 10.1. The predicted octanol–water partition coefficient (Wildman–Crippen LogP) is 3.23. The number of pyridine rings is 1. The summed E-state index contributed by atoms with van der Waals surface area (Å²) in [5, 5.41) is 8.56. The molecule has 0 radical (unpaired) electrons. The van der Waals surface area contributed by atoms with Crippen LogP contribution in [0, 0.1) is 0 Å². The number of benzene rings is 1. The summed E-state index contributed by atoms with van der Waals surface area (Å²) < 4.78 is 3.79. The molecule has 1 aliphatic rings. The van der Waals surface area contributed by atoms with E-state index in [2.05, 4.69) is 10.3 Å². The summed E-state index contributed by atoms with van der Waals surface area (Å²) >= 11 is 7.21. The lowest BCUT2D eigenvalue weighted by atomic mass is 10.1. The van der Waals surface area contributed by atoms with Crippen LogP contribution in [-0.4, -0.2) is 62.8 Å². The van der Waals surface area contributed by atoms with Gasteiger partial charge in [0.25, 0.3) is 5.56 Å². The fourth-order valence-electron chi connectivity index (χ4n) is 4.07. The van der Waals surface area contributed by atoms with Crippen molar-refractivity contribution in [2.45, 2.75) is 12.8 Å². The number of anilines is 1. The number of carbonyl (C=O) groups excluding carboxylic acids is 2. The van der Waals surface area contributed by atoms with Gasteiger partial charge in [0.2, 0.25) is 5.91 Å². The van der Waals surface area contributed by atoms with Crippen LogP contribution in [0.3, 0.4) is 0 Å². The normalized spacial score (nSPS) is 13.9. The van der Waals surface area contributed by atoms with Gasteiger partial charge in [-0.15, -0.1) is 16.4 Å². The largest absolute Gasteiger partial charge is 0.359 e. The van der Waals surface area contributed by atoms with Crippen molar-refractivity contribution in [3.63, 3.8) is 0 Å². The number of thiophene rings is 1. The maximum atomic E-state index is 12.5. The third-order valence-corrected chi connectivity index (χ3v) is 7.37. The Morgan fingerprint density at radius 2 is 1.94 bits per heavy atom. The number of ketones is 1. The summed E-state index contributed by atoms with van der Waals surface area (Å²) in [5.74, 6) is 0.0247. The third kappa shape index (κ3) is 4.95. The molecule has 1 fully saturated rings. The summed E-state index contributed by atoms with van der Waals surface area (Å²) in [6, 6.07) is 14.0. The number of nitrogens with zero attached hydrogens (tertiary/aromatic N) is 6. The first-order valence-corrected chi connectivity index (χ1v) is 12.6. The molecule has 36 heavy (non-hydrogen) atoms. The Morgan fingerprint density at radius 3 is 2.69 bits per heavy atom. The van der Waals surface area contributed by atoms with E-state index >= 15 is 0 Å². The molecule has 184 valence electrons. The van der Waals surface area contributed by atoms with Gasteiger partial charge in [0, 0.05) is 45.2 Å². The Hall–Kier alpha value is -3.76. The van der Waals surface area contributed by atoms with Crippen LogP contribution in [0.1, 0.15) is 21.8 Å². The minimum absolute atomic E-state index is 0.00995. The molecule has 9 nitrogen and oxygen atoms in total. The van der Waals surface area contributed by atoms with Crippen molar-refractivity contribution in [3.8, 4) is 11.4 Å². The minimum atomic E-state index is -0.148. The van der Waals surface area contributed by atoms with Gasteiger partial charge in [-0.3, -0.25) is 19.0 Å². The number of likely N-dealkylation sites (N-methyl/N-ethyl adjacent to an activating group) is 1. The minimum Gasteiger partial charge on any atom is -0.359 e. The second-order valence-corrected chi connectivity index (χ2v) is 10.2. The first-order valence-electron chi connectivity index (χ1n) is 11.4. The lowest BCUT2D eigenvalue weighted by Crippen LogP contribution is -2.48. The van der Waals surface area contributed by atoms with Crippen LogP contribution in [0.4, 0.5) is 5.69 Å². The van der Waals surface area contributed by atoms with Crippen LogP contribution in [0.2, 0.25) is 4.34 Å². The summed E-state index contributed by atoms with van der Waals surface area (Å²) in [5.41, 5.74) is 2.71. The van der Waals surface area contributed by atoms with E-state index in [0.29, 0.717) is 46.5 Å². The van der Waals surface area contributed by atoms with Crippen molar-refractivity contribution in [1.82, 2.24) is 24.5 Å². The molecule has 0 saturated carbocycles. The molecule has 0 atom stereocenters. The molecule has 0 aliphatic carbocycles. The Morgan fingerprint density at radius 1 is 1.08 bits per heavy atom. The Labute approximate surface area is 216 Å². The fraction of sp³-hybridized carbons (Fsp3) is 0.240. The van der Waals surface area contributed by atoms with Crippen molar-refractivity contribution in [2.75, 3.05) is 31.6 Å². The van der Waals surface area contributed by atoms with Crippen LogP contribution in [0.25, 0.3) is 11.4 Å². The highest BCUT2D eigenvalue weighted by Crippen LogP contribution is 2.28. The van der Waals surface area contributed by atoms with Gasteiger partial charge in [-0.1, -0.05) is 22.9 Å². The maximum absolute atomic E-state index is 12.5. The summed E-state index contributed by atoms with van der Waals surface area (Å²) in [7, 11) is 1.79. The SMILES string of the molecule is CN1CCN(c2cc(-n3ccccc3=O)ccc2-n2cc(CCC(=O)c3ccc(Cl)s3)nn2)CC1=O. The number of aromatic nitrogens is 4. The zero-order chi connectivity index (χ0) is 25.2. The molecule has 3 aromatic heterocycles. The van der Waals surface area contributed by atoms with Gasteiger partial charge >= 0.3 is 0 Å². The topological polar surface area (TPSA) is 93.3 Å². The standard InChI is InChI=1S/C25H23ClN6O3S/c1-29-12-13-30(16-25(29)35)20-14-18(31-11-3-2-4-24(31)34)6-7-19(20)32-15-17(27-28-32)5-8-21(33)22-9-10-23(26)36-22/h2-4,6-7,9-11,14-15H,5,8,12-13,16H2,1H3. The molecule has 4 heterocycles. The smallest absolute Gasteiger partial charge is 0.255 e. The van der Waals surface area contributed by atoms with Gasteiger partial charge in [0.15, 0.2) is 5.78 Å². The molecule has 0 unspecified atom stereocenters. The third-order valence-electron chi connectivity index (χ3n) is 6.10. The van der Waals surface area contributed by atoms with E-state index < -0.39 is 0 Å². The molecule has 0 spiro atoms. The number of piperazine rings is 1. The molecular weight excluding hydrogens is 500 g/mol. The van der Waals surface area contributed by atoms with E-state index in [1.807, 2.05) is 23.1 Å². The van der Waals surface area contributed by atoms with E-state index in [1.165, 1.54) is 17.4 Å². The molecule has 1 saturated heterocycles. The van der Waals surface area contributed by atoms with Gasteiger partial charge in [0.1, 0.15) is 0 Å². The molecule has 1 aliphatic heterocycles. The van der Waals surface area contributed by atoms with Crippen LogP contribution in [0.5, 0.6) is 0 Å². The molecular formula is C25H23ClN6O3S. The van der Waals surface area contributed by atoms with E-state index in [1.54, 1.807) is 57.9 Å². The van der Waals surface area contributed by atoms with Crippen LogP contribution < -0.4 is 10.5 Å². The molecule has 1 amide bonds. The number of amides is 1. The number of Topliss-reactive ketones (excluding diaryl/α,β-unsaturated/α-hetero) is 1. The number of aryl methyl sites for hydroxylation is 1. The average Bonchev–Trinajstić information content (AvgIpc) is 3.53. The zero-order valence-corrected chi connectivity index (χ0v) is 21.1. The fourth-order valence-corrected chi connectivity index (χ4v) is 5.08. The van der Waals surface area contributed by atoms with Gasteiger partial charge in [-0.2, -0.15) is 0 Å². The Bertz CT molecular complexity index is 1490. The molecule has 0 bridgehead atoms. The first-order chi connectivity index (χ1) is 17.4.